The zero-order valence-electron chi connectivity index (χ0n) is 10.1. The highest BCUT2D eigenvalue weighted by molar-refractivity contribution is 5.01. The smallest absolute Gasteiger partial charge is 0.0295 e. The second-order valence-electron chi connectivity index (χ2n) is 5.62. The Kier molecular flexibility index (Phi) is 3.43. The van der Waals surface area contributed by atoms with E-state index in [0.29, 0.717) is 5.41 Å². The Labute approximate surface area is 84.1 Å². The third-order valence-corrected chi connectivity index (χ3v) is 4.20. The summed E-state index contributed by atoms with van der Waals surface area (Å²) in [6.45, 7) is 11.6. The van der Waals surface area contributed by atoms with Gasteiger partial charge in [-0.2, -0.15) is 0 Å². The molecule has 2 bridgehead atoms. The molecule has 3 rings (SSSR count). The largest absolute Gasteiger partial charge is 0.0656 e. The minimum atomic E-state index is 0.706. The molecule has 0 amide bonds. The molecule has 3 aliphatic carbocycles. The van der Waals surface area contributed by atoms with Crippen molar-refractivity contribution in [1.29, 1.82) is 0 Å². The quantitative estimate of drug-likeness (QED) is 0.517. The highest BCUT2D eigenvalue weighted by Crippen LogP contribution is 2.61. The van der Waals surface area contributed by atoms with Gasteiger partial charge >= 0.3 is 0 Å². The molecule has 0 radical (unpaired) electrons. The average Bonchev–Trinajstić information content (AvgIpc) is 2.05. The first-order valence-electron chi connectivity index (χ1n) is 6.04. The van der Waals surface area contributed by atoms with Crippen LogP contribution in [0.15, 0.2) is 0 Å². The molecule has 0 aromatic heterocycles. The first-order chi connectivity index (χ1) is 6.04. The van der Waals surface area contributed by atoms with Crippen LogP contribution in [-0.2, 0) is 0 Å². The summed E-state index contributed by atoms with van der Waals surface area (Å²) >= 11 is 0. The van der Waals surface area contributed by atoms with Crippen LogP contribution in [0.1, 0.15) is 60.3 Å². The van der Waals surface area contributed by atoms with E-state index >= 15 is 0 Å². The lowest BCUT2D eigenvalue weighted by molar-refractivity contribution is -0.0988. The van der Waals surface area contributed by atoms with E-state index in [9.17, 15) is 0 Å². The Bertz CT molecular complexity index is 155. The summed E-state index contributed by atoms with van der Waals surface area (Å²) in [5.41, 5.74) is 0.706. The van der Waals surface area contributed by atoms with Crippen LogP contribution in [0.25, 0.3) is 0 Å². The number of fused-ring (bicyclic) bond motifs is 2. The van der Waals surface area contributed by atoms with E-state index in [1.807, 2.05) is 0 Å². The zero-order chi connectivity index (χ0) is 10.1. The number of hydrogen-bond donors (Lipinski definition) is 0. The Morgan fingerprint density at radius 3 is 1.92 bits per heavy atom. The van der Waals surface area contributed by atoms with Gasteiger partial charge in [0.15, 0.2) is 0 Å². The molecule has 0 heterocycles. The average molecular weight is 182 g/mol. The van der Waals surface area contributed by atoms with Crippen LogP contribution in [0.5, 0.6) is 0 Å². The van der Waals surface area contributed by atoms with Gasteiger partial charge in [0.05, 0.1) is 0 Å². The fourth-order valence-corrected chi connectivity index (χ4v) is 3.18. The van der Waals surface area contributed by atoms with Gasteiger partial charge in [0.1, 0.15) is 0 Å². The molecule has 0 spiro atoms. The van der Waals surface area contributed by atoms with Crippen molar-refractivity contribution in [2.75, 3.05) is 0 Å². The predicted molar refractivity (Wildman–Crippen MR) is 59.7 cm³/mol. The summed E-state index contributed by atoms with van der Waals surface area (Å²) < 4.78 is 0. The second kappa shape index (κ2) is 4.02. The lowest BCUT2D eigenvalue weighted by atomic mass is 9.46. The fourth-order valence-electron chi connectivity index (χ4n) is 3.18. The standard InChI is InChI=1S/C10H18.C3H8/c1-7-4-5-8-6-9(7)10(8,2)3;1-3-2/h7-9H,4-6H2,1-3H3;3H2,1-2H3/t7-,8+,9+;/m1./s1. The molecule has 0 heteroatoms. The van der Waals surface area contributed by atoms with Crippen LogP contribution in [0.4, 0.5) is 0 Å². The van der Waals surface area contributed by atoms with Crippen molar-refractivity contribution in [3.05, 3.63) is 0 Å². The molecule has 78 valence electrons. The topological polar surface area (TPSA) is 0 Å². The third kappa shape index (κ3) is 1.92. The van der Waals surface area contributed by atoms with Crippen molar-refractivity contribution < 1.29 is 0 Å². The van der Waals surface area contributed by atoms with Crippen LogP contribution in [0.3, 0.4) is 0 Å². The van der Waals surface area contributed by atoms with Gasteiger partial charge in [-0.05, 0) is 36.0 Å². The third-order valence-electron chi connectivity index (χ3n) is 4.20. The Balaban J connectivity index is 0.000000251. The molecule has 0 aromatic rings. The number of hydrogen-bond acceptors (Lipinski definition) is 0. The van der Waals surface area contributed by atoms with Gasteiger partial charge < -0.3 is 0 Å². The van der Waals surface area contributed by atoms with Crippen LogP contribution in [0.2, 0.25) is 0 Å². The van der Waals surface area contributed by atoms with E-state index in [1.165, 1.54) is 25.7 Å². The normalized spacial score (nSPS) is 39.9. The molecule has 3 atom stereocenters. The van der Waals surface area contributed by atoms with E-state index < -0.39 is 0 Å². The van der Waals surface area contributed by atoms with Crippen LogP contribution < -0.4 is 0 Å². The molecule has 3 aliphatic rings. The molecule has 0 N–H and O–H groups in total. The fraction of sp³-hybridized carbons (Fsp3) is 1.00. The summed E-state index contributed by atoms with van der Waals surface area (Å²) in [6.07, 6.45) is 5.79. The molecule has 0 aromatic carbocycles. The highest BCUT2D eigenvalue weighted by atomic mass is 14.6. The Morgan fingerprint density at radius 2 is 1.69 bits per heavy atom. The lowest BCUT2D eigenvalue weighted by Crippen LogP contribution is -2.51. The molecule has 0 nitrogen and oxygen atoms in total. The molecule has 0 aliphatic heterocycles. The molecule has 0 saturated heterocycles. The SMILES string of the molecule is CCC.C[C@@H]1CC[C@H]2C[C@@H]1C2(C)C. The van der Waals surface area contributed by atoms with Gasteiger partial charge in [-0.3, -0.25) is 0 Å². The zero-order valence-corrected chi connectivity index (χ0v) is 10.1. The summed E-state index contributed by atoms with van der Waals surface area (Å²) in [5, 5.41) is 0. The van der Waals surface area contributed by atoms with Crippen molar-refractivity contribution in [3.63, 3.8) is 0 Å². The van der Waals surface area contributed by atoms with E-state index in [-0.39, 0.29) is 0 Å². The Hall–Kier alpha value is 0. The van der Waals surface area contributed by atoms with Crippen LogP contribution in [0, 0.1) is 23.2 Å². The lowest BCUT2D eigenvalue weighted by Gasteiger charge is -2.59. The molecular weight excluding hydrogens is 156 g/mol. The van der Waals surface area contributed by atoms with Gasteiger partial charge in [0.25, 0.3) is 0 Å². The second-order valence-corrected chi connectivity index (χ2v) is 5.62. The highest BCUT2D eigenvalue weighted by Gasteiger charge is 2.52. The van der Waals surface area contributed by atoms with Gasteiger partial charge in [0.2, 0.25) is 0 Å². The van der Waals surface area contributed by atoms with Gasteiger partial charge in [-0.25, -0.2) is 0 Å². The first kappa shape index (κ1) is 11.1. The van der Waals surface area contributed by atoms with E-state index in [1.54, 1.807) is 0 Å². The molecular formula is C13H26. The summed E-state index contributed by atoms with van der Waals surface area (Å²) in [6, 6.07) is 0. The molecule has 13 heavy (non-hydrogen) atoms. The summed E-state index contributed by atoms with van der Waals surface area (Å²) in [5.74, 6) is 3.15. The molecule has 0 unspecified atom stereocenters. The Morgan fingerprint density at radius 1 is 1.15 bits per heavy atom. The van der Waals surface area contributed by atoms with Crippen molar-refractivity contribution in [1.82, 2.24) is 0 Å². The molecule has 3 saturated carbocycles. The maximum absolute atomic E-state index is 2.46. The minimum absolute atomic E-state index is 0.706. The van der Waals surface area contributed by atoms with Crippen LogP contribution in [-0.4, -0.2) is 0 Å². The monoisotopic (exact) mass is 182 g/mol. The van der Waals surface area contributed by atoms with Crippen molar-refractivity contribution in [2.45, 2.75) is 60.3 Å². The van der Waals surface area contributed by atoms with Gasteiger partial charge in [-0.1, -0.05) is 47.5 Å². The van der Waals surface area contributed by atoms with E-state index in [0.717, 1.165) is 17.8 Å². The summed E-state index contributed by atoms with van der Waals surface area (Å²) in [4.78, 5) is 0. The van der Waals surface area contributed by atoms with Gasteiger partial charge in [0, 0.05) is 0 Å². The minimum Gasteiger partial charge on any atom is -0.0656 e. The van der Waals surface area contributed by atoms with Crippen molar-refractivity contribution in [2.24, 2.45) is 23.2 Å². The van der Waals surface area contributed by atoms with E-state index in [2.05, 4.69) is 34.6 Å². The predicted octanol–water partition coefficient (Wildman–Crippen LogP) is 4.49. The van der Waals surface area contributed by atoms with Gasteiger partial charge in [-0.15, -0.1) is 0 Å². The molecule has 3 fully saturated rings. The number of rotatable bonds is 0. The maximum atomic E-state index is 2.46. The summed E-state index contributed by atoms with van der Waals surface area (Å²) in [7, 11) is 0. The first-order valence-corrected chi connectivity index (χ1v) is 6.04. The van der Waals surface area contributed by atoms with E-state index in [4.69, 9.17) is 0 Å². The maximum Gasteiger partial charge on any atom is -0.0295 e. The van der Waals surface area contributed by atoms with Crippen molar-refractivity contribution in [3.8, 4) is 0 Å². The van der Waals surface area contributed by atoms with Crippen molar-refractivity contribution >= 4 is 0 Å². The van der Waals surface area contributed by atoms with Crippen LogP contribution >= 0.6 is 0 Å².